The lowest BCUT2D eigenvalue weighted by Gasteiger charge is -2.35. The molecule has 6 heteroatoms. The maximum absolute atomic E-state index is 4.59. The van der Waals surface area contributed by atoms with E-state index in [0.29, 0.717) is 12.1 Å². The van der Waals surface area contributed by atoms with E-state index in [-0.39, 0.29) is 0 Å². The molecule has 1 atom stereocenters. The second-order valence-electron chi connectivity index (χ2n) is 6.43. The van der Waals surface area contributed by atoms with Crippen molar-refractivity contribution >= 4 is 16.5 Å². The van der Waals surface area contributed by atoms with Crippen LogP contribution in [0, 0.1) is 6.92 Å². The van der Waals surface area contributed by atoms with Gasteiger partial charge in [-0.25, -0.2) is 9.97 Å². The monoisotopic (exact) mass is 317 g/mol. The second kappa shape index (κ2) is 6.01. The van der Waals surface area contributed by atoms with Crippen LogP contribution in [0.2, 0.25) is 0 Å². The normalized spacial score (nSPS) is 22.8. The van der Waals surface area contributed by atoms with E-state index >= 15 is 0 Å². The first-order valence-corrected chi connectivity index (χ1v) is 9.09. The van der Waals surface area contributed by atoms with Crippen LogP contribution in [0.1, 0.15) is 30.8 Å². The third-order valence-electron chi connectivity index (χ3n) is 4.77. The number of imidazole rings is 1. The van der Waals surface area contributed by atoms with E-state index in [4.69, 9.17) is 0 Å². The average molecular weight is 317 g/mol. The van der Waals surface area contributed by atoms with Gasteiger partial charge in [-0.3, -0.25) is 0 Å². The molecule has 1 N–H and O–H groups in total. The van der Waals surface area contributed by atoms with Crippen LogP contribution in [0.5, 0.6) is 0 Å². The Morgan fingerprint density at radius 3 is 2.86 bits per heavy atom. The van der Waals surface area contributed by atoms with Crippen LogP contribution in [0.25, 0.3) is 0 Å². The molecule has 4 rings (SSSR count). The Balaban J connectivity index is 1.30. The Bertz CT molecular complexity index is 613. The smallest absolute Gasteiger partial charge is 0.185 e. The van der Waals surface area contributed by atoms with Crippen molar-refractivity contribution in [2.24, 2.45) is 0 Å². The molecule has 0 aromatic carbocycles. The van der Waals surface area contributed by atoms with Crippen LogP contribution >= 0.6 is 11.3 Å². The van der Waals surface area contributed by atoms with E-state index < -0.39 is 0 Å². The molecular weight excluding hydrogens is 294 g/mol. The fraction of sp³-hybridized carbons (Fsp3) is 0.625. The Morgan fingerprint density at radius 1 is 1.23 bits per heavy atom. The highest BCUT2D eigenvalue weighted by molar-refractivity contribution is 7.13. The minimum Gasteiger partial charge on any atom is -0.348 e. The summed E-state index contributed by atoms with van der Waals surface area (Å²) in [6.07, 6.45) is 8.83. The van der Waals surface area contributed by atoms with Crippen molar-refractivity contribution in [3.63, 3.8) is 0 Å². The van der Waals surface area contributed by atoms with Crippen molar-refractivity contribution in [2.75, 3.05) is 18.0 Å². The molecule has 2 aliphatic heterocycles. The van der Waals surface area contributed by atoms with Gasteiger partial charge in [0, 0.05) is 55.9 Å². The highest BCUT2D eigenvalue weighted by Crippen LogP contribution is 2.23. The topological polar surface area (TPSA) is 46.0 Å². The average Bonchev–Trinajstić information content (AvgIpc) is 3.16. The standard InChI is InChI=1S/C16H23N5S/c1-12-10-21-11-14(2-3-15(21)18-12)19-13-4-7-20(8-5-13)16-17-6-9-22-16/h6,9-10,13-14,19H,2-5,7-8,11H2,1H3. The van der Waals surface area contributed by atoms with E-state index in [9.17, 15) is 0 Å². The Kier molecular flexibility index (Phi) is 3.88. The Hall–Kier alpha value is -1.40. The largest absolute Gasteiger partial charge is 0.348 e. The summed E-state index contributed by atoms with van der Waals surface area (Å²) in [6.45, 7) is 5.39. The van der Waals surface area contributed by atoms with Crippen molar-refractivity contribution < 1.29 is 0 Å². The van der Waals surface area contributed by atoms with Crippen molar-refractivity contribution in [1.82, 2.24) is 19.9 Å². The van der Waals surface area contributed by atoms with Crippen molar-refractivity contribution in [3.05, 3.63) is 29.3 Å². The van der Waals surface area contributed by atoms with Crippen LogP contribution < -0.4 is 10.2 Å². The number of fused-ring (bicyclic) bond motifs is 1. The Labute approximate surface area is 135 Å². The fourth-order valence-corrected chi connectivity index (χ4v) is 4.36. The second-order valence-corrected chi connectivity index (χ2v) is 7.30. The van der Waals surface area contributed by atoms with Gasteiger partial charge in [0.2, 0.25) is 0 Å². The van der Waals surface area contributed by atoms with Gasteiger partial charge in [-0.1, -0.05) is 0 Å². The number of anilines is 1. The molecule has 22 heavy (non-hydrogen) atoms. The zero-order valence-electron chi connectivity index (χ0n) is 13.0. The number of rotatable bonds is 3. The molecule has 1 saturated heterocycles. The van der Waals surface area contributed by atoms with Crippen LogP contribution in [0.3, 0.4) is 0 Å². The van der Waals surface area contributed by atoms with Crippen LogP contribution in [0.4, 0.5) is 5.13 Å². The maximum Gasteiger partial charge on any atom is 0.185 e. The summed E-state index contributed by atoms with van der Waals surface area (Å²) >= 11 is 1.75. The van der Waals surface area contributed by atoms with Crippen molar-refractivity contribution in [3.8, 4) is 0 Å². The number of thiazole rings is 1. The first kappa shape index (κ1) is 14.2. The molecule has 1 unspecified atom stereocenters. The lowest BCUT2D eigenvalue weighted by atomic mass is 10.0. The van der Waals surface area contributed by atoms with Crippen LogP contribution in [-0.2, 0) is 13.0 Å². The predicted octanol–water partition coefficient (Wildman–Crippen LogP) is 2.22. The first-order chi connectivity index (χ1) is 10.8. The van der Waals surface area contributed by atoms with E-state index in [0.717, 1.165) is 31.7 Å². The van der Waals surface area contributed by atoms with Gasteiger partial charge < -0.3 is 14.8 Å². The van der Waals surface area contributed by atoms with Crippen LogP contribution in [-0.4, -0.2) is 39.7 Å². The summed E-state index contributed by atoms with van der Waals surface area (Å²) in [5, 5.41) is 7.12. The van der Waals surface area contributed by atoms with E-state index in [1.54, 1.807) is 11.3 Å². The number of hydrogen-bond donors (Lipinski definition) is 1. The number of aryl methyl sites for hydroxylation is 2. The van der Waals surface area contributed by atoms with Gasteiger partial charge in [0.05, 0.1) is 5.69 Å². The minimum absolute atomic E-state index is 0.595. The summed E-state index contributed by atoms with van der Waals surface area (Å²) in [7, 11) is 0. The van der Waals surface area contributed by atoms with Gasteiger partial charge in [-0.15, -0.1) is 11.3 Å². The molecule has 0 radical (unpaired) electrons. The summed E-state index contributed by atoms with van der Waals surface area (Å²) < 4.78 is 2.33. The molecule has 2 aliphatic rings. The fourth-order valence-electron chi connectivity index (χ4n) is 3.67. The highest BCUT2D eigenvalue weighted by Gasteiger charge is 2.25. The van der Waals surface area contributed by atoms with E-state index in [1.807, 2.05) is 6.20 Å². The van der Waals surface area contributed by atoms with Gasteiger partial charge in [-0.05, 0) is 26.2 Å². The quantitative estimate of drug-likeness (QED) is 0.943. The van der Waals surface area contributed by atoms with Gasteiger partial charge in [0.25, 0.3) is 0 Å². The number of piperidine rings is 1. The summed E-state index contributed by atoms with van der Waals surface area (Å²) in [5.41, 5.74) is 1.15. The van der Waals surface area contributed by atoms with E-state index in [2.05, 4.69) is 43.3 Å². The summed E-state index contributed by atoms with van der Waals surface area (Å²) in [4.78, 5) is 11.4. The molecule has 1 fully saturated rings. The zero-order chi connectivity index (χ0) is 14.9. The lowest BCUT2D eigenvalue weighted by Crippen LogP contribution is -2.48. The molecule has 4 heterocycles. The van der Waals surface area contributed by atoms with Crippen LogP contribution in [0.15, 0.2) is 17.8 Å². The van der Waals surface area contributed by atoms with Crippen molar-refractivity contribution in [1.29, 1.82) is 0 Å². The zero-order valence-corrected chi connectivity index (χ0v) is 13.9. The predicted molar refractivity (Wildman–Crippen MR) is 89.6 cm³/mol. The molecular formula is C16H23N5S. The molecule has 5 nitrogen and oxygen atoms in total. The van der Waals surface area contributed by atoms with Gasteiger partial charge >= 0.3 is 0 Å². The first-order valence-electron chi connectivity index (χ1n) is 8.21. The third kappa shape index (κ3) is 2.90. The lowest BCUT2D eigenvalue weighted by molar-refractivity contribution is 0.310. The number of aromatic nitrogens is 3. The summed E-state index contributed by atoms with van der Waals surface area (Å²) in [5.74, 6) is 1.26. The third-order valence-corrected chi connectivity index (χ3v) is 5.60. The van der Waals surface area contributed by atoms with Crippen molar-refractivity contribution in [2.45, 2.75) is 51.2 Å². The minimum atomic E-state index is 0.595. The van der Waals surface area contributed by atoms with Gasteiger partial charge in [0.15, 0.2) is 5.13 Å². The molecule has 0 saturated carbocycles. The molecule has 2 aromatic heterocycles. The maximum atomic E-state index is 4.59. The molecule has 118 valence electrons. The highest BCUT2D eigenvalue weighted by atomic mass is 32.1. The number of nitrogens with one attached hydrogen (secondary N) is 1. The molecule has 0 bridgehead atoms. The molecule has 0 spiro atoms. The molecule has 0 amide bonds. The molecule has 0 aliphatic carbocycles. The van der Waals surface area contributed by atoms with Gasteiger partial charge in [-0.2, -0.15) is 0 Å². The van der Waals surface area contributed by atoms with Gasteiger partial charge in [0.1, 0.15) is 5.82 Å². The summed E-state index contributed by atoms with van der Waals surface area (Å²) in [6, 6.07) is 1.24. The number of hydrogen-bond acceptors (Lipinski definition) is 5. The van der Waals surface area contributed by atoms with E-state index in [1.165, 1.54) is 30.2 Å². The SMILES string of the molecule is Cc1cn2c(n1)CCC(NC1CCN(c3nccs3)CC1)C2. The molecule has 2 aromatic rings. The Morgan fingerprint density at radius 2 is 2.09 bits per heavy atom. The number of nitrogens with zero attached hydrogens (tertiary/aromatic N) is 4.